The van der Waals surface area contributed by atoms with E-state index in [4.69, 9.17) is 9.72 Å². The number of rotatable bonds is 5. The Bertz CT molecular complexity index is 1130. The Morgan fingerprint density at radius 1 is 0.893 bits per heavy atom. The second kappa shape index (κ2) is 7.51. The molecule has 0 fully saturated rings. The van der Waals surface area contributed by atoms with Crippen LogP contribution in [0.2, 0.25) is 0 Å². The van der Waals surface area contributed by atoms with Crippen molar-refractivity contribution in [3.8, 4) is 5.75 Å². The first-order valence-corrected chi connectivity index (χ1v) is 9.76. The lowest BCUT2D eigenvalue weighted by Gasteiger charge is -2.18. The number of fused-ring (bicyclic) bond motifs is 1. The van der Waals surface area contributed by atoms with Gasteiger partial charge in [0.1, 0.15) is 5.75 Å². The van der Waals surface area contributed by atoms with Crippen LogP contribution in [0.25, 0.3) is 11.0 Å². The predicted octanol–water partition coefficient (Wildman–Crippen LogP) is 6.15. The van der Waals surface area contributed by atoms with Crippen molar-refractivity contribution in [1.82, 2.24) is 9.55 Å². The van der Waals surface area contributed by atoms with Gasteiger partial charge in [-0.05, 0) is 68.7 Å². The molecule has 3 aromatic carbocycles. The number of hydrogen-bond donors (Lipinski definition) is 0. The van der Waals surface area contributed by atoms with Crippen LogP contribution in [0.3, 0.4) is 0 Å². The molecule has 28 heavy (non-hydrogen) atoms. The van der Waals surface area contributed by atoms with Crippen molar-refractivity contribution in [2.45, 2.75) is 40.3 Å². The summed E-state index contributed by atoms with van der Waals surface area (Å²) in [5, 5.41) is 0. The van der Waals surface area contributed by atoms with Crippen LogP contribution in [0.1, 0.15) is 41.1 Å². The maximum absolute atomic E-state index is 6.26. The van der Waals surface area contributed by atoms with Crippen LogP contribution in [0.4, 0.5) is 0 Å². The number of ether oxygens (including phenoxy) is 1. The van der Waals surface area contributed by atoms with Crippen molar-refractivity contribution in [2.24, 2.45) is 0 Å². The smallest absolute Gasteiger partial charge is 0.153 e. The van der Waals surface area contributed by atoms with E-state index in [1.54, 1.807) is 0 Å². The van der Waals surface area contributed by atoms with Crippen LogP contribution in [-0.2, 0) is 6.54 Å². The average molecular weight is 370 g/mol. The summed E-state index contributed by atoms with van der Waals surface area (Å²) in [5.74, 6) is 1.82. The molecular weight excluding hydrogens is 344 g/mol. The van der Waals surface area contributed by atoms with Gasteiger partial charge >= 0.3 is 0 Å². The molecule has 0 aliphatic carbocycles. The number of imidazole rings is 1. The van der Waals surface area contributed by atoms with E-state index in [-0.39, 0.29) is 6.10 Å². The second-order valence-electron chi connectivity index (χ2n) is 7.55. The Labute approximate surface area is 166 Å². The van der Waals surface area contributed by atoms with E-state index >= 15 is 0 Å². The second-order valence-corrected chi connectivity index (χ2v) is 7.55. The summed E-state index contributed by atoms with van der Waals surface area (Å²) in [4.78, 5) is 4.92. The molecule has 1 atom stereocenters. The summed E-state index contributed by atoms with van der Waals surface area (Å²) < 4.78 is 8.55. The van der Waals surface area contributed by atoms with E-state index in [2.05, 4.69) is 80.8 Å². The fourth-order valence-corrected chi connectivity index (χ4v) is 3.66. The fourth-order valence-electron chi connectivity index (χ4n) is 3.66. The molecule has 0 aliphatic heterocycles. The maximum atomic E-state index is 6.26. The van der Waals surface area contributed by atoms with Gasteiger partial charge in [0.25, 0.3) is 0 Å². The van der Waals surface area contributed by atoms with Crippen LogP contribution in [0, 0.1) is 20.8 Å². The highest BCUT2D eigenvalue weighted by molar-refractivity contribution is 5.76. The number of aromatic nitrogens is 2. The van der Waals surface area contributed by atoms with E-state index in [0.29, 0.717) is 0 Å². The lowest BCUT2D eigenvalue weighted by atomic mass is 10.1. The van der Waals surface area contributed by atoms with Crippen LogP contribution in [-0.4, -0.2) is 9.55 Å². The van der Waals surface area contributed by atoms with Crippen molar-refractivity contribution >= 4 is 11.0 Å². The van der Waals surface area contributed by atoms with E-state index in [9.17, 15) is 0 Å². The summed E-state index contributed by atoms with van der Waals surface area (Å²) >= 11 is 0. The number of aryl methyl sites for hydroxylation is 3. The zero-order valence-corrected chi connectivity index (χ0v) is 16.9. The molecule has 0 amide bonds. The first-order chi connectivity index (χ1) is 13.5. The third kappa shape index (κ3) is 3.65. The summed E-state index contributed by atoms with van der Waals surface area (Å²) in [5.41, 5.74) is 7.21. The number of benzene rings is 3. The van der Waals surface area contributed by atoms with Gasteiger partial charge in [0.15, 0.2) is 11.9 Å². The third-order valence-corrected chi connectivity index (χ3v) is 5.18. The molecule has 4 aromatic rings. The molecule has 0 spiro atoms. The standard InChI is InChI=1S/C25H26N2O/c1-17-8-7-9-22(15-17)28-20(4)25-26-23-10-5-6-11-24(23)27(25)16-21-14-18(2)12-13-19(21)3/h5-15,20H,16H2,1-4H3. The first kappa shape index (κ1) is 18.3. The molecule has 1 aromatic heterocycles. The highest BCUT2D eigenvalue weighted by Crippen LogP contribution is 2.27. The van der Waals surface area contributed by atoms with Crippen LogP contribution < -0.4 is 4.74 Å². The van der Waals surface area contributed by atoms with Crippen molar-refractivity contribution in [3.63, 3.8) is 0 Å². The van der Waals surface area contributed by atoms with E-state index in [1.165, 1.54) is 22.3 Å². The quantitative estimate of drug-likeness (QED) is 0.421. The van der Waals surface area contributed by atoms with E-state index in [0.717, 1.165) is 29.2 Å². The molecule has 3 heteroatoms. The summed E-state index contributed by atoms with van der Waals surface area (Å²) in [7, 11) is 0. The first-order valence-electron chi connectivity index (χ1n) is 9.76. The molecule has 142 valence electrons. The van der Waals surface area contributed by atoms with Crippen molar-refractivity contribution in [1.29, 1.82) is 0 Å². The van der Waals surface area contributed by atoms with Gasteiger partial charge in [0.2, 0.25) is 0 Å². The van der Waals surface area contributed by atoms with Crippen molar-refractivity contribution in [2.75, 3.05) is 0 Å². The highest BCUT2D eigenvalue weighted by atomic mass is 16.5. The molecule has 0 radical (unpaired) electrons. The lowest BCUT2D eigenvalue weighted by molar-refractivity contribution is 0.212. The van der Waals surface area contributed by atoms with Gasteiger partial charge in [-0.1, -0.05) is 48.0 Å². The molecule has 3 nitrogen and oxygen atoms in total. The molecule has 0 saturated heterocycles. The van der Waals surface area contributed by atoms with Crippen LogP contribution >= 0.6 is 0 Å². The normalized spacial score (nSPS) is 12.3. The Morgan fingerprint density at radius 2 is 1.68 bits per heavy atom. The number of nitrogens with zero attached hydrogens (tertiary/aromatic N) is 2. The Balaban J connectivity index is 1.75. The summed E-state index contributed by atoms with van der Waals surface area (Å²) in [6, 6.07) is 23.1. The molecule has 1 unspecified atom stereocenters. The predicted molar refractivity (Wildman–Crippen MR) is 115 cm³/mol. The van der Waals surface area contributed by atoms with Crippen molar-refractivity contribution < 1.29 is 4.74 Å². The minimum Gasteiger partial charge on any atom is -0.483 e. The summed E-state index contributed by atoms with van der Waals surface area (Å²) in [6.07, 6.45) is -0.153. The fraction of sp³-hybridized carbons (Fsp3) is 0.240. The van der Waals surface area contributed by atoms with Gasteiger partial charge in [-0.15, -0.1) is 0 Å². The molecule has 0 saturated carbocycles. The molecule has 4 rings (SSSR count). The average Bonchev–Trinajstić information content (AvgIpc) is 3.03. The van der Waals surface area contributed by atoms with Gasteiger partial charge in [-0.2, -0.15) is 0 Å². The molecule has 0 N–H and O–H groups in total. The molecule has 0 aliphatic rings. The Hall–Kier alpha value is -3.07. The maximum Gasteiger partial charge on any atom is 0.153 e. The minimum atomic E-state index is -0.153. The number of hydrogen-bond acceptors (Lipinski definition) is 2. The van der Waals surface area contributed by atoms with E-state index in [1.807, 2.05) is 18.2 Å². The largest absolute Gasteiger partial charge is 0.483 e. The molecule has 1 heterocycles. The highest BCUT2D eigenvalue weighted by Gasteiger charge is 2.19. The summed E-state index contributed by atoms with van der Waals surface area (Å²) in [6.45, 7) is 9.24. The lowest BCUT2D eigenvalue weighted by Crippen LogP contribution is -2.13. The van der Waals surface area contributed by atoms with Crippen molar-refractivity contribution in [3.05, 3.63) is 94.8 Å². The zero-order chi connectivity index (χ0) is 19.7. The van der Waals surface area contributed by atoms with Gasteiger partial charge < -0.3 is 9.30 Å². The van der Waals surface area contributed by atoms with Gasteiger partial charge in [0, 0.05) is 6.54 Å². The van der Waals surface area contributed by atoms with Crippen LogP contribution in [0.15, 0.2) is 66.7 Å². The number of para-hydroxylation sites is 2. The molecular formula is C25H26N2O. The molecule has 0 bridgehead atoms. The van der Waals surface area contributed by atoms with Crippen LogP contribution in [0.5, 0.6) is 5.75 Å². The zero-order valence-electron chi connectivity index (χ0n) is 16.9. The monoisotopic (exact) mass is 370 g/mol. The topological polar surface area (TPSA) is 27.1 Å². The van der Waals surface area contributed by atoms with Gasteiger partial charge in [-0.25, -0.2) is 4.98 Å². The Morgan fingerprint density at radius 3 is 2.50 bits per heavy atom. The minimum absolute atomic E-state index is 0.153. The van der Waals surface area contributed by atoms with Gasteiger partial charge in [-0.3, -0.25) is 0 Å². The van der Waals surface area contributed by atoms with Gasteiger partial charge in [0.05, 0.1) is 11.0 Å². The van der Waals surface area contributed by atoms with E-state index < -0.39 is 0 Å². The SMILES string of the molecule is Cc1cccc(OC(C)c2nc3ccccc3n2Cc2cc(C)ccc2C)c1. The Kier molecular flexibility index (Phi) is 4.91. The third-order valence-electron chi connectivity index (χ3n) is 5.18.